The lowest BCUT2D eigenvalue weighted by molar-refractivity contribution is -0.288. The summed E-state index contributed by atoms with van der Waals surface area (Å²) in [5, 5.41) is 33.6. The van der Waals surface area contributed by atoms with Crippen LogP contribution in [0.2, 0.25) is 0 Å². The Labute approximate surface area is 244 Å². The van der Waals surface area contributed by atoms with E-state index in [2.05, 4.69) is 20.8 Å². The molecule has 8 heteroatoms. The summed E-state index contributed by atoms with van der Waals surface area (Å²) in [6.45, 7) is 15.1. The van der Waals surface area contributed by atoms with Gasteiger partial charge in [0.2, 0.25) is 0 Å². The maximum absolute atomic E-state index is 12.7. The van der Waals surface area contributed by atoms with Gasteiger partial charge in [0.25, 0.3) is 0 Å². The molecule has 4 aliphatic carbocycles. The molecule has 11 atom stereocenters. The Bertz CT molecular complexity index is 1140. The van der Waals surface area contributed by atoms with E-state index in [1.165, 1.54) is 13.8 Å². The molecular weight excluding hydrogens is 524 g/mol. The fraction of sp³-hybridized carbons (Fsp3) is 0.788. The number of rotatable bonds is 6. The molecule has 0 spiro atoms. The van der Waals surface area contributed by atoms with Gasteiger partial charge < -0.3 is 24.8 Å². The number of aliphatic carboxylic acids is 1. The van der Waals surface area contributed by atoms with Gasteiger partial charge >= 0.3 is 17.9 Å². The number of hydrogen-bond donors (Lipinski definition) is 3. The van der Waals surface area contributed by atoms with Gasteiger partial charge in [-0.1, -0.05) is 39.3 Å². The van der Waals surface area contributed by atoms with Gasteiger partial charge in [-0.05, 0) is 93.0 Å². The third-order valence-corrected chi connectivity index (χ3v) is 12.0. The maximum Gasteiger partial charge on any atom is 0.331 e. The van der Waals surface area contributed by atoms with Crippen LogP contribution in [0, 0.1) is 39.9 Å². The summed E-state index contributed by atoms with van der Waals surface area (Å²) in [6.07, 6.45) is 3.08. The minimum Gasteiger partial charge on any atom is -0.478 e. The molecule has 0 aromatic heterocycles. The van der Waals surface area contributed by atoms with E-state index in [1.807, 2.05) is 26.8 Å². The average Bonchev–Trinajstić information content (AvgIpc) is 3.14. The van der Waals surface area contributed by atoms with Crippen LogP contribution in [0.3, 0.4) is 0 Å². The number of hydrogen-bond acceptors (Lipinski definition) is 7. The fourth-order valence-electron chi connectivity index (χ4n) is 10.1. The van der Waals surface area contributed by atoms with E-state index >= 15 is 0 Å². The Balaban J connectivity index is 1.89. The number of aliphatic hydroxyl groups is 2. The summed E-state index contributed by atoms with van der Waals surface area (Å²) >= 11 is 0. The van der Waals surface area contributed by atoms with Crippen molar-refractivity contribution in [3.05, 3.63) is 22.8 Å². The molecule has 0 saturated heterocycles. The van der Waals surface area contributed by atoms with Gasteiger partial charge in [-0.25, -0.2) is 4.79 Å². The molecule has 0 amide bonds. The fourth-order valence-corrected chi connectivity index (χ4v) is 10.1. The molecule has 41 heavy (non-hydrogen) atoms. The van der Waals surface area contributed by atoms with Crippen LogP contribution in [0.25, 0.3) is 0 Å². The summed E-state index contributed by atoms with van der Waals surface area (Å²) < 4.78 is 11.8. The highest BCUT2D eigenvalue weighted by Crippen LogP contribution is 2.74. The van der Waals surface area contributed by atoms with Gasteiger partial charge in [-0.15, -0.1) is 0 Å². The van der Waals surface area contributed by atoms with Crippen LogP contribution in [0.5, 0.6) is 0 Å². The smallest absolute Gasteiger partial charge is 0.331 e. The number of carboxylic acid groups (broad SMARTS) is 1. The largest absolute Gasteiger partial charge is 0.478 e. The summed E-state index contributed by atoms with van der Waals surface area (Å²) in [5.74, 6) is -2.50. The van der Waals surface area contributed by atoms with Crippen LogP contribution < -0.4 is 0 Å². The summed E-state index contributed by atoms with van der Waals surface area (Å²) in [7, 11) is 0. The molecule has 4 rings (SSSR count). The van der Waals surface area contributed by atoms with E-state index in [1.54, 1.807) is 0 Å². The highest BCUT2D eigenvalue weighted by atomic mass is 16.6. The zero-order valence-electron chi connectivity index (χ0n) is 26.0. The molecule has 0 radical (unpaired) electrons. The normalized spacial score (nSPS) is 44.5. The number of carbonyl (C=O) groups is 3. The lowest BCUT2D eigenvalue weighted by atomic mass is 9.35. The lowest BCUT2D eigenvalue weighted by Crippen LogP contribution is -2.72. The van der Waals surface area contributed by atoms with Crippen LogP contribution in [-0.4, -0.2) is 57.6 Å². The van der Waals surface area contributed by atoms with Gasteiger partial charge in [0, 0.05) is 30.8 Å². The lowest BCUT2D eigenvalue weighted by Gasteiger charge is -2.70. The van der Waals surface area contributed by atoms with Crippen molar-refractivity contribution in [3.8, 4) is 0 Å². The van der Waals surface area contributed by atoms with Gasteiger partial charge in [0.15, 0.2) is 0 Å². The van der Waals surface area contributed by atoms with Gasteiger partial charge in [-0.2, -0.15) is 0 Å². The van der Waals surface area contributed by atoms with Crippen LogP contribution in [0.1, 0.15) is 100 Å². The molecule has 8 nitrogen and oxygen atoms in total. The van der Waals surface area contributed by atoms with E-state index < -0.39 is 53.2 Å². The first-order valence-corrected chi connectivity index (χ1v) is 15.3. The second-order valence-electron chi connectivity index (χ2n) is 14.3. The summed E-state index contributed by atoms with van der Waals surface area (Å²) in [6, 6.07) is 0. The minimum atomic E-state index is -1.04. The second kappa shape index (κ2) is 11.1. The summed E-state index contributed by atoms with van der Waals surface area (Å²) in [4.78, 5) is 37.5. The monoisotopic (exact) mass is 574 g/mol. The zero-order valence-corrected chi connectivity index (χ0v) is 26.0. The standard InChI is InChI=1S/C33H50O8/c1-17(2)10-9-11-21(30(38)39)26-22-12-13-25-31(6)15-14-23(36)18(3)27(31)28(41-20(5)35)29(37)33(25,8)32(22,7)16-24(26)40-19(4)34/h10,18,22-25,27-29,36-37H,9,11-16H2,1-8H3,(H,38,39)/b26-21+/t18-,22+,23-,24+,25+,27-,28-,29+,31-,32+,33+/m1/s1. The molecule has 4 fully saturated rings. The predicted octanol–water partition coefficient (Wildman–Crippen LogP) is 5.21. The highest BCUT2D eigenvalue weighted by Gasteiger charge is 2.74. The number of carboxylic acids is 1. The van der Waals surface area contributed by atoms with Gasteiger partial charge in [-0.3, -0.25) is 9.59 Å². The molecule has 0 aliphatic heterocycles. The Hall–Kier alpha value is -2.19. The quantitative estimate of drug-likeness (QED) is 0.224. The first kappa shape index (κ1) is 31.7. The van der Waals surface area contributed by atoms with Crippen molar-refractivity contribution < 1.29 is 39.2 Å². The van der Waals surface area contributed by atoms with Crippen LogP contribution >= 0.6 is 0 Å². The Morgan fingerprint density at radius 1 is 0.976 bits per heavy atom. The van der Waals surface area contributed by atoms with E-state index in [0.29, 0.717) is 43.3 Å². The van der Waals surface area contributed by atoms with E-state index in [0.717, 1.165) is 18.4 Å². The average molecular weight is 575 g/mol. The number of carbonyl (C=O) groups excluding carboxylic acids is 2. The van der Waals surface area contributed by atoms with E-state index in [4.69, 9.17) is 9.47 Å². The van der Waals surface area contributed by atoms with Gasteiger partial charge in [0.05, 0.1) is 12.2 Å². The number of aliphatic hydroxyl groups excluding tert-OH is 2. The first-order valence-electron chi connectivity index (χ1n) is 15.3. The second-order valence-corrected chi connectivity index (χ2v) is 14.3. The topological polar surface area (TPSA) is 130 Å². The molecule has 230 valence electrons. The molecule has 0 bridgehead atoms. The maximum atomic E-state index is 12.7. The minimum absolute atomic E-state index is 0.0364. The van der Waals surface area contributed by atoms with E-state index in [-0.39, 0.29) is 29.1 Å². The molecule has 4 saturated carbocycles. The third-order valence-electron chi connectivity index (χ3n) is 12.0. The molecule has 0 heterocycles. The molecular formula is C33H50O8. The molecule has 0 aromatic carbocycles. The van der Waals surface area contributed by atoms with Crippen molar-refractivity contribution >= 4 is 17.9 Å². The Morgan fingerprint density at radius 2 is 1.61 bits per heavy atom. The predicted molar refractivity (Wildman–Crippen MR) is 153 cm³/mol. The summed E-state index contributed by atoms with van der Waals surface area (Å²) in [5.41, 5.74) is 0.360. The van der Waals surface area contributed by atoms with E-state index in [9.17, 15) is 29.7 Å². The first-order chi connectivity index (χ1) is 19.0. The number of fused-ring (bicyclic) bond motifs is 5. The van der Waals surface area contributed by atoms with Crippen LogP contribution in [0.4, 0.5) is 0 Å². The number of ether oxygens (including phenoxy) is 2. The highest BCUT2D eigenvalue weighted by molar-refractivity contribution is 5.88. The Morgan fingerprint density at radius 3 is 2.17 bits per heavy atom. The third kappa shape index (κ3) is 4.97. The van der Waals surface area contributed by atoms with Gasteiger partial charge in [0.1, 0.15) is 12.2 Å². The van der Waals surface area contributed by atoms with Crippen molar-refractivity contribution in [2.75, 3.05) is 0 Å². The zero-order chi connectivity index (χ0) is 30.7. The van der Waals surface area contributed by atoms with Crippen molar-refractivity contribution in [2.45, 2.75) is 125 Å². The SMILES string of the molecule is CC(=O)O[C@@H]1[C@H]2[C@H](C)[C@H](O)CC[C@]2(C)[C@@H]2CC[C@H]3/C(=C(/CCC=C(C)C)C(=O)O)[C@@H](OC(C)=O)C[C@]3(C)[C@]2(C)[C@H]1O. The number of allylic oxidation sites excluding steroid dienone is 2. The van der Waals surface area contributed by atoms with Crippen molar-refractivity contribution in [3.63, 3.8) is 0 Å². The van der Waals surface area contributed by atoms with Crippen molar-refractivity contribution in [2.24, 2.45) is 39.9 Å². The molecule has 4 aliphatic rings. The molecule has 0 aromatic rings. The van der Waals surface area contributed by atoms with Crippen molar-refractivity contribution in [1.82, 2.24) is 0 Å². The number of esters is 2. The molecule has 3 N–H and O–H groups in total. The van der Waals surface area contributed by atoms with Crippen LogP contribution in [-0.2, 0) is 23.9 Å². The van der Waals surface area contributed by atoms with Crippen molar-refractivity contribution in [1.29, 1.82) is 0 Å². The van der Waals surface area contributed by atoms with Crippen LogP contribution in [0.15, 0.2) is 22.8 Å². The molecule has 0 unspecified atom stereocenters. The Kier molecular flexibility index (Phi) is 8.63.